The average Bonchev–Trinajstić information content (AvgIpc) is 3.29. The van der Waals surface area contributed by atoms with Gasteiger partial charge in [0, 0.05) is 68.9 Å². The normalized spacial score (nSPS) is 18.3. The molecular formula is C20H22N6. The van der Waals surface area contributed by atoms with Gasteiger partial charge in [-0.05, 0) is 30.8 Å². The number of rotatable bonds is 3. The third-order valence-electron chi connectivity index (χ3n) is 5.35. The minimum Gasteiger partial charge on any atom is -0.304 e. The number of likely N-dealkylation sites (N-methyl/N-ethyl adjacent to an activating group) is 1. The van der Waals surface area contributed by atoms with Gasteiger partial charge >= 0.3 is 0 Å². The van der Waals surface area contributed by atoms with Crippen LogP contribution in [0.15, 0.2) is 42.9 Å². The third kappa shape index (κ3) is 2.81. The van der Waals surface area contributed by atoms with Crippen molar-refractivity contribution in [1.29, 1.82) is 0 Å². The molecule has 2 aliphatic rings. The first-order chi connectivity index (χ1) is 12.8. The molecule has 0 saturated carbocycles. The molecule has 0 N–H and O–H groups in total. The molecule has 0 atom stereocenters. The molecule has 0 unspecified atom stereocenters. The molecule has 3 aromatic rings. The SMILES string of the molecule is CN1CCN(Cc2cnc3c(c2)C(c2ccc4nccn4n2)=CC3)CC1. The van der Waals surface area contributed by atoms with Crippen molar-refractivity contribution in [3.05, 3.63) is 65.4 Å². The number of hydrogen-bond donors (Lipinski definition) is 0. The Morgan fingerprint density at radius 2 is 1.96 bits per heavy atom. The predicted octanol–water partition coefficient (Wildman–Crippen LogP) is 1.86. The monoisotopic (exact) mass is 346 g/mol. The molecule has 1 fully saturated rings. The van der Waals surface area contributed by atoms with Gasteiger partial charge in [-0.1, -0.05) is 6.08 Å². The van der Waals surface area contributed by atoms with E-state index >= 15 is 0 Å². The lowest BCUT2D eigenvalue weighted by atomic mass is 10.0. The lowest BCUT2D eigenvalue weighted by Gasteiger charge is -2.32. The fourth-order valence-electron chi connectivity index (χ4n) is 3.79. The number of aromatic nitrogens is 4. The standard InChI is InChI=1S/C20H22N6/c1-24-8-10-25(11-9-24)14-15-12-17-16(2-3-18(17)22-13-15)19-4-5-20-21-6-7-26(20)23-19/h2,4-7,12-13H,3,8-11,14H2,1H3. The maximum Gasteiger partial charge on any atom is 0.153 e. The number of pyridine rings is 1. The van der Waals surface area contributed by atoms with Crippen molar-refractivity contribution in [2.75, 3.05) is 33.2 Å². The Bertz CT molecular complexity index is 981. The molecule has 0 amide bonds. The molecule has 1 saturated heterocycles. The van der Waals surface area contributed by atoms with Crippen LogP contribution in [-0.4, -0.2) is 62.6 Å². The van der Waals surface area contributed by atoms with Crippen molar-refractivity contribution < 1.29 is 0 Å². The minimum atomic E-state index is 0.870. The fourth-order valence-corrected chi connectivity index (χ4v) is 3.79. The number of hydrogen-bond acceptors (Lipinski definition) is 5. The third-order valence-corrected chi connectivity index (χ3v) is 5.35. The Morgan fingerprint density at radius 3 is 2.85 bits per heavy atom. The summed E-state index contributed by atoms with van der Waals surface area (Å²) < 4.78 is 1.83. The quantitative estimate of drug-likeness (QED) is 0.724. The molecule has 0 bridgehead atoms. The number of nitrogens with zero attached hydrogens (tertiary/aromatic N) is 6. The van der Waals surface area contributed by atoms with Gasteiger partial charge in [0.15, 0.2) is 5.65 Å². The summed E-state index contributed by atoms with van der Waals surface area (Å²) in [5.41, 5.74) is 6.69. The van der Waals surface area contributed by atoms with Gasteiger partial charge in [0.05, 0.1) is 11.4 Å². The van der Waals surface area contributed by atoms with Crippen LogP contribution in [-0.2, 0) is 13.0 Å². The molecule has 6 nitrogen and oxygen atoms in total. The minimum absolute atomic E-state index is 0.870. The first-order valence-corrected chi connectivity index (χ1v) is 9.16. The summed E-state index contributed by atoms with van der Waals surface area (Å²) in [6.45, 7) is 5.48. The maximum absolute atomic E-state index is 4.73. The number of imidazole rings is 1. The van der Waals surface area contributed by atoms with E-state index in [9.17, 15) is 0 Å². The van der Waals surface area contributed by atoms with Crippen LogP contribution in [0.2, 0.25) is 0 Å². The summed E-state index contributed by atoms with van der Waals surface area (Å²) in [6, 6.07) is 6.37. The zero-order valence-electron chi connectivity index (χ0n) is 15.0. The Balaban J connectivity index is 1.42. The van der Waals surface area contributed by atoms with E-state index in [4.69, 9.17) is 10.1 Å². The lowest BCUT2D eigenvalue weighted by Crippen LogP contribution is -2.43. The van der Waals surface area contributed by atoms with Crippen LogP contribution in [0.25, 0.3) is 11.2 Å². The summed E-state index contributed by atoms with van der Waals surface area (Å²) >= 11 is 0. The van der Waals surface area contributed by atoms with Crippen molar-refractivity contribution in [3.8, 4) is 0 Å². The first-order valence-electron chi connectivity index (χ1n) is 9.16. The molecule has 1 aliphatic heterocycles. The van der Waals surface area contributed by atoms with E-state index in [1.807, 2.05) is 23.0 Å². The molecule has 6 heteroatoms. The summed E-state index contributed by atoms with van der Waals surface area (Å²) in [6.07, 6.45) is 8.82. The van der Waals surface area contributed by atoms with Crippen LogP contribution >= 0.6 is 0 Å². The van der Waals surface area contributed by atoms with Crippen LogP contribution < -0.4 is 0 Å². The van der Waals surface area contributed by atoms with Gasteiger partial charge in [0.2, 0.25) is 0 Å². The largest absolute Gasteiger partial charge is 0.304 e. The van der Waals surface area contributed by atoms with E-state index in [1.54, 1.807) is 6.20 Å². The van der Waals surface area contributed by atoms with Crippen LogP contribution in [0.1, 0.15) is 22.5 Å². The molecule has 1 aliphatic carbocycles. The van der Waals surface area contributed by atoms with Crippen molar-refractivity contribution in [2.45, 2.75) is 13.0 Å². The van der Waals surface area contributed by atoms with Crippen LogP contribution in [0.3, 0.4) is 0 Å². The van der Waals surface area contributed by atoms with Gasteiger partial charge < -0.3 is 4.90 Å². The number of piperazine rings is 1. The highest BCUT2D eigenvalue weighted by molar-refractivity contribution is 5.82. The predicted molar refractivity (Wildman–Crippen MR) is 101 cm³/mol. The van der Waals surface area contributed by atoms with E-state index in [1.165, 1.54) is 16.7 Å². The highest BCUT2D eigenvalue weighted by Gasteiger charge is 2.20. The second-order valence-electron chi connectivity index (χ2n) is 7.19. The van der Waals surface area contributed by atoms with E-state index < -0.39 is 0 Å². The highest BCUT2D eigenvalue weighted by atomic mass is 15.2. The van der Waals surface area contributed by atoms with Crippen molar-refractivity contribution >= 4 is 11.2 Å². The Hall–Kier alpha value is -2.57. The zero-order chi connectivity index (χ0) is 17.5. The van der Waals surface area contributed by atoms with Crippen LogP contribution in [0.4, 0.5) is 0 Å². The van der Waals surface area contributed by atoms with Crippen molar-refractivity contribution in [1.82, 2.24) is 29.4 Å². The molecule has 4 heterocycles. The lowest BCUT2D eigenvalue weighted by molar-refractivity contribution is 0.148. The molecular weight excluding hydrogens is 324 g/mol. The molecule has 5 rings (SSSR count). The van der Waals surface area contributed by atoms with Gasteiger partial charge in [-0.3, -0.25) is 9.88 Å². The number of allylic oxidation sites excluding steroid dienone is 1. The molecule has 0 aromatic carbocycles. The second-order valence-corrected chi connectivity index (χ2v) is 7.19. The van der Waals surface area contributed by atoms with E-state index in [2.05, 4.69) is 40.0 Å². The van der Waals surface area contributed by atoms with Crippen LogP contribution in [0, 0.1) is 0 Å². The van der Waals surface area contributed by atoms with E-state index in [0.29, 0.717) is 0 Å². The Morgan fingerprint density at radius 1 is 1.08 bits per heavy atom. The van der Waals surface area contributed by atoms with Crippen molar-refractivity contribution in [2.24, 2.45) is 0 Å². The van der Waals surface area contributed by atoms with Crippen molar-refractivity contribution in [3.63, 3.8) is 0 Å². The maximum atomic E-state index is 4.73. The molecule has 3 aromatic heterocycles. The molecule has 26 heavy (non-hydrogen) atoms. The molecule has 132 valence electrons. The second kappa shape index (κ2) is 6.30. The summed E-state index contributed by atoms with van der Waals surface area (Å²) in [5.74, 6) is 0. The molecule has 0 radical (unpaired) electrons. The Kier molecular flexibility index (Phi) is 3.80. The first kappa shape index (κ1) is 15.7. The fraction of sp³-hybridized carbons (Fsp3) is 0.350. The van der Waals surface area contributed by atoms with E-state index in [0.717, 1.165) is 56.2 Å². The summed E-state index contributed by atoms with van der Waals surface area (Å²) in [7, 11) is 2.19. The van der Waals surface area contributed by atoms with Gasteiger partial charge in [-0.2, -0.15) is 5.10 Å². The number of fused-ring (bicyclic) bond motifs is 2. The average molecular weight is 346 g/mol. The zero-order valence-corrected chi connectivity index (χ0v) is 15.0. The topological polar surface area (TPSA) is 49.6 Å². The van der Waals surface area contributed by atoms with Gasteiger partial charge in [0.1, 0.15) is 0 Å². The van der Waals surface area contributed by atoms with E-state index in [-0.39, 0.29) is 0 Å². The molecule has 0 spiro atoms. The van der Waals surface area contributed by atoms with Gasteiger partial charge in [-0.15, -0.1) is 0 Å². The Labute approximate surface area is 152 Å². The van der Waals surface area contributed by atoms with Gasteiger partial charge in [0.25, 0.3) is 0 Å². The highest BCUT2D eigenvalue weighted by Crippen LogP contribution is 2.31. The summed E-state index contributed by atoms with van der Waals surface area (Å²) in [5, 5.41) is 4.71. The van der Waals surface area contributed by atoms with Crippen LogP contribution in [0.5, 0.6) is 0 Å². The summed E-state index contributed by atoms with van der Waals surface area (Å²) in [4.78, 5) is 13.9. The smallest absolute Gasteiger partial charge is 0.153 e. The van der Waals surface area contributed by atoms with Gasteiger partial charge in [-0.25, -0.2) is 9.50 Å².